The number of likely N-dealkylation sites (N-methyl/N-ethyl adjacent to an activating group) is 1. The van der Waals surface area contributed by atoms with Crippen LogP contribution in [0.2, 0.25) is 0 Å². The Bertz CT molecular complexity index is 540. The van der Waals surface area contributed by atoms with E-state index in [9.17, 15) is 18.0 Å². The first-order valence-electron chi connectivity index (χ1n) is 6.23. The fourth-order valence-electron chi connectivity index (χ4n) is 3.44. The second-order valence-electron chi connectivity index (χ2n) is 5.57. The van der Waals surface area contributed by atoms with Gasteiger partial charge in [-0.05, 0) is 24.6 Å². The highest BCUT2D eigenvalue weighted by Gasteiger charge is 2.60. The SMILES string of the molecule is CN1CC2CC(=O)C2(c2cccc(C(F)(F)F)c2)C1. The lowest BCUT2D eigenvalue weighted by Gasteiger charge is -2.42. The number of alkyl halides is 3. The van der Waals surface area contributed by atoms with Crippen LogP contribution in [0.3, 0.4) is 0 Å². The molecule has 102 valence electrons. The summed E-state index contributed by atoms with van der Waals surface area (Å²) in [4.78, 5) is 14.1. The van der Waals surface area contributed by atoms with Crippen LogP contribution in [-0.4, -0.2) is 30.8 Å². The fourth-order valence-corrected chi connectivity index (χ4v) is 3.44. The number of hydrogen-bond donors (Lipinski definition) is 0. The van der Waals surface area contributed by atoms with E-state index in [1.165, 1.54) is 6.07 Å². The molecule has 0 spiro atoms. The van der Waals surface area contributed by atoms with Crippen molar-refractivity contribution < 1.29 is 18.0 Å². The largest absolute Gasteiger partial charge is 0.416 e. The van der Waals surface area contributed by atoms with E-state index >= 15 is 0 Å². The van der Waals surface area contributed by atoms with E-state index in [0.29, 0.717) is 18.5 Å². The summed E-state index contributed by atoms with van der Waals surface area (Å²) in [5.41, 5.74) is -0.851. The van der Waals surface area contributed by atoms with Crippen molar-refractivity contribution in [2.75, 3.05) is 20.1 Å². The lowest BCUT2D eigenvalue weighted by Crippen LogP contribution is -2.53. The molecule has 2 atom stereocenters. The van der Waals surface area contributed by atoms with Gasteiger partial charge in [-0.25, -0.2) is 0 Å². The van der Waals surface area contributed by atoms with Gasteiger partial charge in [0.1, 0.15) is 5.78 Å². The van der Waals surface area contributed by atoms with Gasteiger partial charge in [0.15, 0.2) is 0 Å². The van der Waals surface area contributed by atoms with Crippen LogP contribution >= 0.6 is 0 Å². The Labute approximate surface area is 109 Å². The molecule has 19 heavy (non-hydrogen) atoms. The molecule has 2 aliphatic rings. The molecule has 1 aliphatic carbocycles. The van der Waals surface area contributed by atoms with Gasteiger partial charge < -0.3 is 4.90 Å². The summed E-state index contributed by atoms with van der Waals surface area (Å²) < 4.78 is 38.3. The molecule has 2 fully saturated rings. The van der Waals surface area contributed by atoms with Crippen molar-refractivity contribution in [2.45, 2.75) is 18.0 Å². The molecular weight excluding hydrogens is 255 g/mol. The Morgan fingerprint density at radius 1 is 1.37 bits per heavy atom. The first-order valence-corrected chi connectivity index (χ1v) is 6.23. The van der Waals surface area contributed by atoms with Crippen LogP contribution in [0, 0.1) is 5.92 Å². The number of ketones is 1. The summed E-state index contributed by atoms with van der Waals surface area (Å²) in [6.45, 7) is 1.31. The number of hydrogen-bond acceptors (Lipinski definition) is 2. The van der Waals surface area contributed by atoms with Crippen molar-refractivity contribution in [2.24, 2.45) is 5.92 Å². The van der Waals surface area contributed by atoms with E-state index in [1.54, 1.807) is 6.07 Å². The van der Waals surface area contributed by atoms with Crippen LogP contribution in [0.25, 0.3) is 0 Å². The van der Waals surface area contributed by atoms with Crippen LogP contribution < -0.4 is 0 Å². The van der Waals surface area contributed by atoms with Crippen molar-refractivity contribution in [3.05, 3.63) is 35.4 Å². The maximum Gasteiger partial charge on any atom is 0.416 e. The van der Waals surface area contributed by atoms with Crippen LogP contribution in [0.5, 0.6) is 0 Å². The number of likely N-dealkylation sites (tertiary alicyclic amines) is 1. The number of rotatable bonds is 1. The zero-order valence-corrected chi connectivity index (χ0v) is 10.5. The zero-order valence-electron chi connectivity index (χ0n) is 10.5. The van der Waals surface area contributed by atoms with Gasteiger partial charge in [-0.15, -0.1) is 0 Å². The average Bonchev–Trinajstić information content (AvgIpc) is 2.61. The molecule has 0 radical (unpaired) electrons. The van der Waals surface area contributed by atoms with Crippen LogP contribution in [0.15, 0.2) is 24.3 Å². The minimum atomic E-state index is -4.36. The molecule has 1 aromatic carbocycles. The molecule has 2 unspecified atom stereocenters. The van der Waals surface area contributed by atoms with Gasteiger partial charge in [0.2, 0.25) is 0 Å². The van der Waals surface area contributed by atoms with E-state index < -0.39 is 17.2 Å². The van der Waals surface area contributed by atoms with E-state index in [1.807, 2.05) is 11.9 Å². The average molecular weight is 269 g/mol. The summed E-state index contributed by atoms with van der Waals surface area (Å²) in [6.07, 6.45) is -3.87. The van der Waals surface area contributed by atoms with Crippen LogP contribution in [-0.2, 0) is 16.4 Å². The molecular formula is C14H14F3NO. The molecule has 0 aromatic heterocycles. The molecule has 1 saturated heterocycles. The minimum Gasteiger partial charge on any atom is -0.305 e. The Morgan fingerprint density at radius 2 is 2.11 bits per heavy atom. The van der Waals surface area contributed by atoms with Gasteiger partial charge in [-0.1, -0.05) is 18.2 Å². The number of nitrogens with zero attached hydrogens (tertiary/aromatic N) is 1. The molecule has 1 saturated carbocycles. The van der Waals surface area contributed by atoms with Crippen LogP contribution in [0.1, 0.15) is 17.5 Å². The highest BCUT2D eigenvalue weighted by Crippen LogP contribution is 2.51. The van der Waals surface area contributed by atoms with Gasteiger partial charge in [-0.2, -0.15) is 13.2 Å². The number of Topliss-reactive ketones (excluding diaryl/α,β-unsaturated/α-hetero) is 1. The Hall–Kier alpha value is -1.36. The Kier molecular flexibility index (Phi) is 2.55. The van der Waals surface area contributed by atoms with E-state index in [4.69, 9.17) is 0 Å². The lowest BCUT2D eigenvalue weighted by atomic mass is 9.57. The number of carbonyl (C=O) groups excluding carboxylic acids is 1. The summed E-state index contributed by atoms with van der Waals surface area (Å²) in [5, 5.41) is 0. The van der Waals surface area contributed by atoms with Crippen molar-refractivity contribution in [3.63, 3.8) is 0 Å². The molecule has 1 aromatic rings. The molecule has 3 rings (SSSR count). The maximum atomic E-state index is 12.8. The highest BCUT2D eigenvalue weighted by atomic mass is 19.4. The number of benzene rings is 1. The normalized spacial score (nSPS) is 31.2. The van der Waals surface area contributed by atoms with Crippen molar-refractivity contribution in [3.8, 4) is 0 Å². The second-order valence-corrected chi connectivity index (χ2v) is 5.57. The van der Waals surface area contributed by atoms with Gasteiger partial charge in [0.05, 0.1) is 11.0 Å². The molecule has 0 amide bonds. The number of carbonyl (C=O) groups is 1. The smallest absolute Gasteiger partial charge is 0.305 e. The van der Waals surface area contributed by atoms with Gasteiger partial charge in [0, 0.05) is 19.5 Å². The predicted octanol–water partition coefficient (Wildman–Crippen LogP) is 2.48. The molecule has 0 bridgehead atoms. The molecule has 0 N–H and O–H groups in total. The monoisotopic (exact) mass is 269 g/mol. The first-order chi connectivity index (χ1) is 8.84. The number of halogens is 3. The molecule has 1 aliphatic heterocycles. The topological polar surface area (TPSA) is 20.3 Å². The quantitative estimate of drug-likeness (QED) is 0.780. The summed E-state index contributed by atoms with van der Waals surface area (Å²) in [5.74, 6) is 0.231. The van der Waals surface area contributed by atoms with Gasteiger partial charge in [-0.3, -0.25) is 4.79 Å². The lowest BCUT2D eigenvalue weighted by molar-refractivity contribution is -0.139. The summed E-state index contributed by atoms with van der Waals surface area (Å²) in [7, 11) is 1.90. The zero-order chi connectivity index (χ0) is 13.8. The number of fused-ring (bicyclic) bond motifs is 1. The van der Waals surface area contributed by atoms with Crippen molar-refractivity contribution in [1.82, 2.24) is 4.90 Å². The molecule has 1 heterocycles. The third kappa shape index (κ3) is 1.71. The third-order valence-corrected chi connectivity index (χ3v) is 4.38. The predicted molar refractivity (Wildman–Crippen MR) is 63.7 cm³/mol. The second kappa shape index (κ2) is 3.82. The molecule has 5 heteroatoms. The van der Waals surface area contributed by atoms with Gasteiger partial charge in [0.25, 0.3) is 0 Å². The fraction of sp³-hybridized carbons (Fsp3) is 0.500. The Morgan fingerprint density at radius 3 is 2.68 bits per heavy atom. The molecule has 2 nitrogen and oxygen atoms in total. The van der Waals surface area contributed by atoms with E-state index in [2.05, 4.69) is 0 Å². The van der Waals surface area contributed by atoms with Crippen molar-refractivity contribution >= 4 is 5.78 Å². The van der Waals surface area contributed by atoms with Crippen molar-refractivity contribution in [1.29, 1.82) is 0 Å². The van der Waals surface area contributed by atoms with E-state index in [-0.39, 0.29) is 11.7 Å². The summed E-state index contributed by atoms with van der Waals surface area (Å²) >= 11 is 0. The van der Waals surface area contributed by atoms with Crippen LogP contribution in [0.4, 0.5) is 13.2 Å². The standard InChI is InChI=1S/C14H14F3NO/c1-18-7-11-6-12(19)13(11,8-18)9-3-2-4-10(5-9)14(15,16)17/h2-5,11H,6-8H2,1H3. The Balaban J connectivity index is 2.05. The minimum absolute atomic E-state index is 0.0705. The summed E-state index contributed by atoms with van der Waals surface area (Å²) in [6, 6.07) is 5.24. The van der Waals surface area contributed by atoms with Gasteiger partial charge >= 0.3 is 6.18 Å². The highest BCUT2D eigenvalue weighted by molar-refractivity contribution is 5.97. The van der Waals surface area contributed by atoms with E-state index in [0.717, 1.165) is 18.7 Å². The third-order valence-electron chi connectivity index (χ3n) is 4.38. The maximum absolute atomic E-state index is 12.8. The first kappa shape index (κ1) is 12.7.